The van der Waals surface area contributed by atoms with Crippen LogP contribution >= 0.6 is 36.2 Å². The van der Waals surface area contributed by atoms with Crippen LogP contribution in [0.3, 0.4) is 0 Å². The van der Waals surface area contributed by atoms with Gasteiger partial charge in [-0.3, -0.25) is 0 Å². The molecule has 0 rings (SSSR count). The molecule has 4 heteroatoms. The Morgan fingerprint density at radius 2 is 1.50 bits per heavy atom. The lowest BCUT2D eigenvalue weighted by molar-refractivity contribution is 0.296. The molecule has 0 aliphatic rings. The molecule has 0 spiro atoms. The van der Waals surface area contributed by atoms with E-state index < -0.39 is 0 Å². The molecule has 0 radical (unpaired) electrons. The minimum absolute atomic E-state index is 0.333. The summed E-state index contributed by atoms with van der Waals surface area (Å²) in [4.78, 5) is 0. The lowest BCUT2D eigenvalue weighted by Crippen LogP contribution is -1.91. The molecule has 0 aromatic rings. The highest BCUT2D eigenvalue weighted by Gasteiger charge is 1.90. The van der Waals surface area contributed by atoms with E-state index in [0.29, 0.717) is 6.61 Å². The lowest BCUT2D eigenvalue weighted by atomic mass is 10.5. The zero-order valence-electron chi connectivity index (χ0n) is 7.37. The van der Waals surface area contributed by atoms with Crippen LogP contribution in [-0.2, 0) is 0 Å². The van der Waals surface area contributed by atoms with Crippen LogP contribution in [0.1, 0.15) is 12.8 Å². The summed E-state index contributed by atoms with van der Waals surface area (Å²) in [5.74, 6) is 5.81. The molecule has 12 heavy (non-hydrogen) atoms. The maximum absolute atomic E-state index is 8.51. The largest absolute Gasteiger partial charge is 0.396 e. The predicted octanol–water partition coefficient (Wildman–Crippen LogP) is 2.16. The summed E-state index contributed by atoms with van der Waals surface area (Å²) in [6.07, 6.45) is 2.15. The third kappa shape index (κ3) is 11.0. The molecule has 0 heterocycles. The van der Waals surface area contributed by atoms with Crippen molar-refractivity contribution in [1.82, 2.24) is 0 Å². The quantitative estimate of drug-likeness (QED) is 0.464. The number of thioether (sulfide) groups is 2. The molecule has 0 aliphatic carbocycles. The van der Waals surface area contributed by atoms with E-state index in [2.05, 4.69) is 12.6 Å². The summed E-state index contributed by atoms with van der Waals surface area (Å²) in [6, 6.07) is 0. The molecular formula is C8H18OS3. The molecule has 0 saturated heterocycles. The Balaban J connectivity index is 2.73. The SMILES string of the molecule is OCCCSCCSCCCS. The molecular weight excluding hydrogens is 208 g/mol. The average Bonchev–Trinajstić information content (AvgIpc) is 2.10. The van der Waals surface area contributed by atoms with Gasteiger partial charge >= 0.3 is 0 Å². The van der Waals surface area contributed by atoms with Gasteiger partial charge in [0.05, 0.1) is 0 Å². The predicted molar refractivity (Wildman–Crippen MR) is 64.8 cm³/mol. The maximum Gasteiger partial charge on any atom is 0.0438 e. The molecule has 0 aromatic heterocycles. The first kappa shape index (κ1) is 13.0. The molecule has 0 atom stereocenters. The minimum Gasteiger partial charge on any atom is -0.396 e. The second kappa shape index (κ2) is 12.0. The van der Waals surface area contributed by atoms with Crippen molar-refractivity contribution in [1.29, 1.82) is 0 Å². The van der Waals surface area contributed by atoms with E-state index in [4.69, 9.17) is 5.11 Å². The van der Waals surface area contributed by atoms with Crippen molar-refractivity contribution in [2.75, 3.05) is 35.4 Å². The molecule has 0 aliphatic heterocycles. The van der Waals surface area contributed by atoms with Crippen molar-refractivity contribution in [3.05, 3.63) is 0 Å². The molecule has 0 bridgehead atoms. The summed E-state index contributed by atoms with van der Waals surface area (Å²) in [7, 11) is 0. The topological polar surface area (TPSA) is 20.2 Å². The first-order valence-corrected chi connectivity index (χ1v) is 7.23. The normalized spacial score (nSPS) is 10.5. The summed E-state index contributed by atoms with van der Waals surface area (Å²) < 4.78 is 0. The van der Waals surface area contributed by atoms with E-state index in [-0.39, 0.29) is 0 Å². The smallest absolute Gasteiger partial charge is 0.0438 e. The van der Waals surface area contributed by atoms with E-state index in [1.165, 1.54) is 23.7 Å². The van der Waals surface area contributed by atoms with Crippen molar-refractivity contribution < 1.29 is 5.11 Å². The molecule has 1 nitrogen and oxygen atoms in total. The van der Waals surface area contributed by atoms with Crippen LogP contribution in [0, 0.1) is 0 Å². The number of aliphatic hydroxyl groups excluding tert-OH is 1. The van der Waals surface area contributed by atoms with Gasteiger partial charge in [0, 0.05) is 18.1 Å². The fraction of sp³-hybridized carbons (Fsp3) is 1.00. The Hall–Kier alpha value is 1.01. The average molecular weight is 226 g/mol. The molecule has 0 unspecified atom stereocenters. The number of rotatable bonds is 9. The van der Waals surface area contributed by atoms with Gasteiger partial charge in [0.25, 0.3) is 0 Å². The van der Waals surface area contributed by atoms with Crippen LogP contribution in [0.5, 0.6) is 0 Å². The van der Waals surface area contributed by atoms with Crippen molar-refractivity contribution >= 4 is 36.2 Å². The molecule has 1 N–H and O–H groups in total. The van der Waals surface area contributed by atoms with Gasteiger partial charge in [-0.05, 0) is 30.1 Å². The highest BCUT2D eigenvalue weighted by molar-refractivity contribution is 8.02. The Labute approximate surface area is 89.5 Å². The van der Waals surface area contributed by atoms with Crippen molar-refractivity contribution in [2.24, 2.45) is 0 Å². The van der Waals surface area contributed by atoms with Crippen molar-refractivity contribution in [2.45, 2.75) is 12.8 Å². The fourth-order valence-electron chi connectivity index (χ4n) is 0.655. The molecule has 0 fully saturated rings. The monoisotopic (exact) mass is 226 g/mol. The Morgan fingerprint density at radius 1 is 0.917 bits per heavy atom. The van der Waals surface area contributed by atoms with E-state index >= 15 is 0 Å². The van der Waals surface area contributed by atoms with E-state index in [0.717, 1.165) is 17.9 Å². The molecule has 0 aromatic carbocycles. The van der Waals surface area contributed by atoms with Gasteiger partial charge in [-0.1, -0.05) is 0 Å². The van der Waals surface area contributed by atoms with Crippen LogP contribution < -0.4 is 0 Å². The van der Waals surface area contributed by atoms with Gasteiger partial charge in [0.2, 0.25) is 0 Å². The third-order valence-electron chi connectivity index (χ3n) is 1.27. The van der Waals surface area contributed by atoms with Gasteiger partial charge in [0.1, 0.15) is 0 Å². The summed E-state index contributed by atoms with van der Waals surface area (Å²) in [5, 5.41) is 8.51. The standard InChI is InChI=1S/C8H18OS3/c9-3-1-5-11-7-8-12-6-2-4-10/h9-10H,1-8H2. The minimum atomic E-state index is 0.333. The van der Waals surface area contributed by atoms with E-state index in [1.807, 2.05) is 23.5 Å². The summed E-state index contributed by atoms with van der Waals surface area (Å²) in [6.45, 7) is 0.333. The Kier molecular flexibility index (Phi) is 13.0. The van der Waals surface area contributed by atoms with Gasteiger partial charge in [0.15, 0.2) is 0 Å². The van der Waals surface area contributed by atoms with Gasteiger partial charge < -0.3 is 5.11 Å². The van der Waals surface area contributed by atoms with Crippen LogP contribution in [0.25, 0.3) is 0 Å². The molecule has 0 amide bonds. The van der Waals surface area contributed by atoms with Crippen LogP contribution in [-0.4, -0.2) is 40.5 Å². The molecule has 74 valence electrons. The van der Waals surface area contributed by atoms with Gasteiger partial charge in [-0.25, -0.2) is 0 Å². The second-order valence-corrected chi connectivity index (χ2v) is 5.28. The van der Waals surface area contributed by atoms with E-state index in [1.54, 1.807) is 0 Å². The Morgan fingerprint density at radius 3 is 2.00 bits per heavy atom. The first-order valence-electron chi connectivity index (χ1n) is 4.29. The molecule has 0 saturated carbocycles. The zero-order valence-corrected chi connectivity index (χ0v) is 9.90. The van der Waals surface area contributed by atoms with Gasteiger partial charge in [-0.15, -0.1) is 0 Å². The highest BCUT2D eigenvalue weighted by Crippen LogP contribution is 2.08. The van der Waals surface area contributed by atoms with E-state index in [9.17, 15) is 0 Å². The van der Waals surface area contributed by atoms with Crippen molar-refractivity contribution in [3.63, 3.8) is 0 Å². The number of thiol groups is 1. The van der Waals surface area contributed by atoms with Crippen LogP contribution in [0.15, 0.2) is 0 Å². The number of hydrogen-bond acceptors (Lipinski definition) is 4. The Bertz CT molecular complexity index is 70.7. The van der Waals surface area contributed by atoms with Crippen LogP contribution in [0.4, 0.5) is 0 Å². The van der Waals surface area contributed by atoms with Crippen molar-refractivity contribution in [3.8, 4) is 0 Å². The summed E-state index contributed by atoms with van der Waals surface area (Å²) >= 11 is 8.09. The zero-order chi connectivity index (χ0) is 9.07. The van der Waals surface area contributed by atoms with Crippen LogP contribution in [0.2, 0.25) is 0 Å². The first-order chi connectivity index (χ1) is 5.91. The second-order valence-electron chi connectivity index (χ2n) is 2.38. The fourth-order valence-corrected chi connectivity index (χ4v) is 3.06. The maximum atomic E-state index is 8.51. The lowest BCUT2D eigenvalue weighted by Gasteiger charge is -1.99. The van der Waals surface area contributed by atoms with Gasteiger partial charge in [-0.2, -0.15) is 36.2 Å². The number of aliphatic hydroxyl groups is 1. The summed E-state index contributed by atoms with van der Waals surface area (Å²) in [5.41, 5.74) is 0. The number of hydrogen-bond donors (Lipinski definition) is 2. The highest BCUT2D eigenvalue weighted by atomic mass is 32.2. The third-order valence-corrected chi connectivity index (χ3v) is 3.98.